The van der Waals surface area contributed by atoms with E-state index in [4.69, 9.17) is 0 Å². The van der Waals surface area contributed by atoms with Crippen molar-refractivity contribution in [2.75, 3.05) is 16.0 Å². The molecule has 29 heavy (non-hydrogen) atoms. The second kappa shape index (κ2) is 8.62. The first-order valence-corrected chi connectivity index (χ1v) is 11.1. The second-order valence-electron chi connectivity index (χ2n) is 9.08. The van der Waals surface area contributed by atoms with Crippen LogP contribution in [0.4, 0.5) is 11.4 Å². The lowest BCUT2D eigenvalue weighted by Crippen LogP contribution is -2.27. The minimum atomic E-state index is -0.0493. The van der Waals surface area contributed by atoms with Gasteiger partial charge in [0, 0.05) is 17.8 Å². The van der Waals surface area contributed by atoms with Gasteiger partial charge in [-0.15, -0.1) is 11.8 Å². The average molecular weight is 411 g/mol. The van der Waals surface area contributed by atoms with Crippen molar-refractivity contribution in [3.8, 4) is 0 Å². The van der Waals surface area contributed by atoms with Crippen molar-refractivity contribution in [2.45, 2.75) is 52.3 Å². The van der Waals surface area contributed by atoms with Crippen molar-refractivity contribution < 1.29 is 9.59 Å². The van der Waals surface area contributed by atoms with E-state index in [1.807, 2.05) is 62.1 Å². The zero-order valence-corrected chi connectivity index (χ0v) is 18.7. The van der Waals surface area contributed by atoms with E-state index in [-0.39, 0.29) is 22.6 Å². The number of carbonyl (C=O) groups excluding carboxylic acids is 2. The van der Waals surface area contributed by atoms with Crippen molar-refractivity contribution in [3.05, 3.63) is 59.7 Å². The van der Waals surface area contributed by atoms with Gasteiger partial charge in [-0.2, -0.15) is 0 Å². The lowest BCUT2D eigenvalue weighted by atomic mass is 9.92. The quantitative estimate of drug-likeness (QED) is 0.661. The molecule has 5 heteroatoms. The molecule has 2 aromatic carbocycles. The molecule has 4 nitrogen and oxygen atoms in total. The number of carbonyl (C=O) groups is 2. The Morgan fingerprint density at radius 1 is 1.10 bits per heavy atom. The van der Waals surface area contributed by atoms with E-state index in [1.54, 1.807) is 11.8 Å². The molecule has 0 radical (unpaired) electrons. The van der Waals surface area contributed by atoms with Gasteiger partial charge < -0.3 is 5.32 Å². The van der Waals surface area contributed by atoms with E-state index in [2.05, 4.69) is 31.3 Å². The van der Waals surface area contributed by atoms with Crippen LogP contribution in [0.25, 0.3) is 0 Å². The van der Waals surface area contributed by atoms with Crippen LogP contribution in [-0.4, -0.2) is 17.6 Å². The predicted molar refractivity (Wildman–Crippen MR) is 122 cm³/mol. The maximum atomic E-state index is 12.6. The second-order valence-corrected chi connectivity index (χ2v) is 10.1. The van der Waals surface area contributed by atoms with Crippen LogP contribution in [0.15, 0.2) is 48.5 Å². The number of thioether (sulfide) groups is 1. The number of rotatable bonds is 5. The number of nitrogens with zero attached hydrogens (tertiary/aromatic N) is 1. The van der Waals surface area contributed by atoms with E-state index in [9.17, 15) is 9.59 Å². The molecule has 154 valence electrons. The molecule has 1 atom stereocenters. The van der Waals surface area contributed by atoms with Crippen LogP contribution in [0.5, 0.6) is 0 Å². The lowest BCUT2D eigenvalue weighted by Gasteiger charge is -2.25. The van der Waals surface area contributed by atoms with Crippen LogP contribution >= 0.6 is 11.8 Å². The minimum Gasteiger partial charge on any atom is -0.326 e. The highest BCUT2D eigenvalue weighted by atomic mass is 32.2. The Balaban J connectivity index is 1.75. The van der Waals surface area contributed by atoms with E-state index < -0.39 is 0 Å². The Labute approximate surface area is 178 Å². The molecule has 0 saturated carbocycles. The molecular formula is C24H30N2O2S. The summed E-state index contributed by atoms with van der Waals surface area (Å²) in [7, 11) is 0. The van der Waals surface area contributed by atoms with Gasteiger partial charge in [0.1, 0.15) is 5.37 Å². The Morgan fingerprint density at radius 3 is 2.28 bits per heavy atom. The molecule has 1 aliphatic heterocycles. The van der Waals surface area contributed by atoms with Crippen LogP contribution in [-0.2, 0) is 9.59 Å². The number of hydrogen-bond acceptors (Lipinski definition) is 3. The molecule has 2 aromatic rings. The molecule has 1 fully saturated rings. The average Bonchev–Trinajstić information content (AvgIpc) is 3.02. The summed E-state index contributed by atoms with van der Waals surface area (Å²) in [5.74, 6) is 1.08. The molecule has 3 rings (SSSR count). The molecular weight excluding hydrogens is 380 g/mol. The summed E-state index contributed by atoms with van der Waals surface area (Å²) in [4.78, 5) is 26.6. The van der Waals surface area contributed by atoms with Gasteiger partial charge in [-0.05, 0) is 46.7 Å². The molecule has 0 bridgehead atoms. The number of nitrogens with one attached hydrogen (secondary N) is 1. The lowest BCUT2D eigenvalue weighted by molar-refractivity contribution is -0.118. The molecule has 1 saturated heterocycles. The summed E-state index contributed by atoms with van der Waals surface area (Å²) in [6.45, 7) is 10.5. The zero-order valence-electron chi connectivity index (χ0n) is 17.9. The summed E-state index contributed by atoms with van der Waals surface area (Å²) in [6.07, 6.45) is 0.474. The number of anilines is 2. The molecule has 0 aliphatic carbocycles. The topological polar surface area (TPSA) is 49.4 Å². The van der Waals surface area contributed by atoms with Gasteiger partial charge in [0.05, 0.1) is 5.75 Å². The first-order chi connectivity index (χ1) is 13.6. The van der Waals surface area contributed by atoms with Gasteiger partial charge >= 0.3 is 0 Å². The largest absolute Gasteiger partial charge is 0.326 e. The maximum absolute atomic E-state index is 12.6. The highest BCUT2D eigenvalue weighted by Crippen LogP contribution is 2.42. The Hall–Kier alpha value is -2.27. The summed E-state index contributed by atoms with van der Waals surface area (Å²) < 4.78 is 0. The van der Waals surface area contributed by atoms with Crippen molar-refractivity contribution in [1.82, 2.24) is 0 Å². The predicted octanol–water partition coefficient (Wildman–Crippen LogP) is 5.96. The summed E-state index contributed by atoms with van der Waals surface area (Å²) >= 11 is 1.63. The fourth-order valence-electron chi connectivity index (χ4n) is 3.39. The van der Waals surface area contributed by atoms with Gasteiger partial charge in [-0.25, -0.2) is 0 Å². The van der Waals surface area contributed by atoms with Gasteiger partial charge in [-0.1, -0.05) is 58.9 Å². The third-order valence-corrected chi connectivity index (χ3v) is 6.09. The standard InChI is InChI=1S/C24H30N2O2S/c1-16(2)17-8-12-20(13-9-17)26-22(28)15-29-23(26)18-6-10-19(11-7-18)25-21(27)14-24(3,4)5/h6-13,16,23H,14-15H2,1-5H3,(H,25,27)/t23-/m0/s1. The van der Waals surface area contributed by atoms with Crippen molar-refractivity contribution in [1.29, 1.82) is 0 Å². The monoisotopic (exact) mass is 410 g/mol. The first-order valence-electron chi connectivity index (χ1n) is 10.1. The van der Waals surface area contributed by atoms with Crippen LogP contribution in [0.3, 0.4) is 0 Å². The summed E-state index contributed by atoms with van der Waals surface area (Å²) in [5, 5.41) is 2.91. The highest BCUT2D eigenvalue weighted by molar-refractivity contribution is 8.00. The van der Waals surface area contributed by atoms with Crippen molar-refractivity contribution >= 4 is 35.0 Å². The molecule has 0 aromatic heterocycles. The Bertz CT molecular complexity index is 867. The molecule has 1 aliphatic rings. The SMILES string of the molecule is CC(C)c1ccc(N2C(=O)CS[C@H]2c2ccc(NC(=O)CC(C)(C)C)cc2)cc1. The Morgan fingerprint density at radius 2 is 1.72 bits per heavy atom. The van der Waals surface area contributed by atoms with Crippen molar-refractivity contribution in [3.63, 3.8) is 0 Å². The van der Waals surface area contributed by atoms with E-state index >= 15 is 0 Å². The molecule has 0 unspecified atom stereocenters. The van der Waals surface area contributed by atoms with Crippen LogP contribution in [0.1, 0.15) is 63.5 Å². The number of hydrogen-bond donors (Lipinski definition) is 1. The summed E-state index contributed by atoms with van der Waals surface area (Å²) in [5.41, 5.74) is 3.99. The fourth-order valence-corrected chi connectivity index (χ4v) is 4.56. The van der Waals surface area contributed by atoms with Crippen molar-refractivity contribution in [2.24, 2.45) is 5.41 Å². The smallest absolute Gasteiger partial charge is 0.238 e. The molecule has 0 spiro atoms. The third-order valence-electron chi connectivity index (χ3n) is 4.88. The Kier molecular flexibility index (Phi) is 6.37. The normalized spacial score (nSPS) is 17.1. The molecule has 2 amide bonds. The van der Waals surface area contributed by atoms with Gasteiger partial charge in [0.15, 0.2) is 0 Å². The zero-order chi connectivity index (χ0) is 21.2. The van der Waals surface area contributed by atoms with E-state index in [1.165, 1.54) is 5.56 Å². The van der Waals surface area contributed by atoms with Gasteiger partial charge in [0.2, 0.25) is 11.8 Å². The van der Waals surface area contributed by atoms with E-state index in [0.717, 1.165) is 16.9 Å². The van der Waals surface area contributed by atoms with Gasteiger partial charge in [-0.3, -0.25) is 14.5 Å². The number of amides is 2. The van der Waals surface area contributed by atoms with Crippen LogP contribution in [0, 0.1) is 5.41 Å². The fraction of sp³-hybridized carbons (Fsp3) is 0.417. The first kappa shape index (κ1) is 21.4. The molecule has 1 N–H and O–H groups in total. The number of benzene rings is 2. The summed E-state index contributed by atoms with van der Waals surface area (Å²) in [6, 6.07) is 16.1. The van der Waals surface area contributed by atoms with Crippen LogP contribution < -0.4 is 10.2 Å². The minimum absolute atomic E-state index is 0.0162. The van der Waals surface area contributed by atoms with Gasteiger partial charge in [0.25, 0.3) is 0 Å². The van der Waals surface area contributed by atoms with E-state index in [0.29, 0.717) is 18.1 Å². The maximum Gasteiger partial charge on any atom is 0.238 e. The molecule has 1 heterocycles. The highest BCUT2D eigenvalue weighted by Gasteiger charge is 2.34. The third kappa shape index (κ3) is 5.41. The van der Waals surface area contributed by atoms with Crippen LogP contribution in [0.2, 0.25) is 0 Å².